The topological polar surface area (TPSA) is 13.0 Å². The summed E-state index contributed by atoms with van der Waals surface area (Å²) in [5, 5.41) is 0. The van der Waals surface area contributed by atoms with Crippen LogP contribution < -0.4 is 0 Å². The first kappa shape index (κ1) is 40.2. The molecule has 0 rings (SSSR count). The Labute approximate surface area is 215 Å². The van der Waals surface area contributed by atoms with E-state index in [1.807, 2.05) is 0 Å². The largest absolute Gasteiger partial charge is 0.305 e. The molecular weight excluding hydrogens is 402 g/mol. The van der Waals surface area contributed by atoms with Crippen molar-refractivity contribution < 1.29 is 0 Å². The Hall–Kier alpha value is -0.0301. The van der Waals surface area contributed by atoms with Crippen molar-refractivity contribution >= 4 is 16.8 Å². The molecule has 33 heavy (non-hydrogen) atoms. The van der Waals surface area contributed by atoms with E-state index >= 15 is 0 Å². The summed E-state index contributed by atoms with van der Waals surface area (Å²) >= 11 is 0. The van der Waals surface area contributed by atoms with Crippen LogP contribution in [0.1, 0.15) is 87.5 Å². The smallest absolute Gasteiger partial charge is 0.0109 e. The lowest BCUT2D eigenvalue weighted by Gasteiger charge is -2.24. The van der Waals surface area contributed by atoms with Crippen molar-refractivity contribution in [3.05, 3.63) is 0 Å². The van der Waals surface area contributed by atoms with Crippen molar-refractivity contribution in [2.45, 2.75) is 99.6 Å². The molecule has 0 N–H and O–H groups in total. The third-order valence-electron chi connectivity index (χ3n) is 6.32. The van der Waals surface area contributed by atoms with Gasteiger partial charge in [0.25, 0.3) is 0 Å². The van der Waals surface area contributed by atoms with Crippen molar-refractivity contribution in [2.24, 2.45) is 11.8 Å². The fourth-order valence-corrected chi connectivity index (χ4v) is 3.10. The van der Waals surface area contributed by atoms with Gasteiger partial charge in [-0.2, -0.15) is 0 Å². The molecule has 4 nitrogen and oxygen atoms in total. The minimum Gasteiger partial charge on any atom is -0.305 e. The van der Waals surface area contributed by atoms with Gasteiger partial charge in [-0.1, -0.05) is 40.5 Å². The summed E-state index contributed by atoms with van der Waals surface area (Å²) < 4.78 is 0. The molecule has 6 radical (unpaired) electrons. The maximum atomic E-state index is 2.46. The van der Waals surface area contributed by atoms with Gasteiger partial charge in [-0.05, 0) is 100 Å². The summed E-state index contributed by atoms with van der Waals surface area (Å²) in [7, 11) is 8.88. The Morgan fingerprint density at radius 2 is 0.758 bits per heavy atom. The molecule has 196 valence electrons. The number of hydrogen-bond donors (Lipinski definition) is 0. The Kier molecular flexibility index (Phi) is 30.5. The molecule has 0 aromatic heterocycles. The van der Waals surface area contributed by atoms with Crippen molar-refractivity contribution in [1.29, 1.82) is 0 Å². The summed E-state index contributed by atoms with van der Waals surface area (Å²) in [5.74, 6) is 1.70. The molecule has 0 saturated heterocycles. The highest BCUT2D eigenvalue weighted by molar-refractivity contribution is 5.76. The van der Waals surface area contributed by atoms with Crippen LogP contribution in [0.15, 0.2) is 0 Å². The van der Waals surface area contributed by atoms with Gasteiger partial charge in [-0.3, -0.25) is 0 Å². The van der Waals surface area contributed by atoms with Crippen molar-refractivity contribution in [1.82, 2.24) is 19.6 Å². The maximum Gasteiger partial charge on any atom is 0.0109 e. The quantitative estimate of drug-likeness (QED) is 0.221. The van der Waals surface area contributed by atoms with Gasteiger partial charge in [0.1, 0.15) is 0 Å². The van der Waals surface area contributed by atoms with Crippen LogP contribution in [0.4, 0.5) is 0 Å². The van der Waals surface area contributed by atoms with Gasteiger partial charge < -0.3 is 19.6 Å². The van der Waals surface area contributed by atoms with E-state index in [0.717, 1.165) is 11.8 Å². The first-order valence-electron chi connectivity index (χ1n) is 13.1. The molecule has 0 aromatic rings. The first-order valence-corrected chi connectivity index (χ1v) is 13.1. The van der Waals surface area contributed by atoms with E-state index in [9.17, 15) is 0 Å². The zero-order chi connectivity index (χ0) is 24.4. The highest BCUT2D eigenvalue weighted by Gasteiger charge is 2.06. The molecule has 0 unspecified atom stereocenters. The fraction of sp³-hybridized carbons (Fsp3) is 1.00. The van der Waals surface area contributed by atoms with Crippen molar-refractivity contribution in [3.8, 4) is 0 Å². The number of hydrogen-bond acceptors (Lipinski definition) is 4. The summed E-state index contributed by atoms with van der Waals surface area (Å²) in [6.07, 6.45) is 6.78. The van der Waals surface area contributed by atoms with Crippen LogP contribution in [0.5, 0.6) is 0 Å². The molecule has 0 aromatic carbocycles. The average molecular weight is 464 g/mol. The van der Waals surface area contributed by atoms with Crippen LogP contribution >= 0.6 is 0 Å². The second-order valence-corrected chi connectivity index (χ2v) is 11.2. The molecule has 0 amide bonds. The third kappa shape index (κ3) is 29.9. The summed E-state index contributed by atoms with van der Waals surface area (Å²) in [4.78, 5) is 9.71. The molecule has 0 spiro atoms. The lowest BCUT2D eigenvalue weighted by Crippen LogP contribution is -2.35. The molecule has 0 heterocycles. The SMILES string of the molecule is CC(C)CCCCN(C)CCN(C)C(C)C.CC(C)CCCN(C)CCN(C)C(C)C.[B].[B]. The molecule has 0 saturated carbocycles. The van der Waals surface area contributed by atoms with Crippen molar-refractivity contribution in [2.75, 3.05) is 67.5 Å². The van der Waals surface area contributed by atoms with Gasteiger partial charge in [-0.25, -0.2) is 0 Å². The Morgan fingerprint density at radius 1 is 0.424 bits per heavy atom. The standard InChI is InChI=1S/C14H32N2.C13H30N2.2B/c1-13(2)9-7-8-10-15(5)11-12-16(6)14(3)4;1-12(2)8-7-9-14(5)10-11-15(6)13(3)4;;/h13-14H,7-12H2,1-6H3;12-13H,7-11H2,1-6H3;;. The average Bonchev–Trinajstić information content (AvgIpc) is 2.67. The van der Waals surface area contributed by atoms with Gasteiger partial charge in [-0.15, -0.1) is 0 Å². The molecule has 0 atom stereocenters. The van der Waals surface area contributed by atoms with Crippen LogP contribution in [0, 0.1) is 11.8 Å². The normalized spacial score (nSPS) is 11.6. The van der Waals surface area contributed by atoms with Gasteiger partial charge >= 0.3 is 0 Å². The van der Waals surface area contributed by atoms with Crippen LogP contribution in [0.2, 0.25) is 0 Å². The summed E-state index contributed by atoms with van der Waals surface area (Å²) in [6, 6.07) is 1.32. The minimum atomic E-state index is 0. The van der Waals surface area contributed by atoms with E-state index < -0.39 is 0 Å². The lowest BCUT2D eigenvalue weighted by molar-refractivity contribution is 0.221. The number of nitrogens with zero attached hydrogens (tertiary/aromatic N) is 4. The molecule has 0 fully saturated rings. The van der Waals surface area contributed by atoms with E-state index in [-0.39, 0.29) is 16.8 Å². The van der Waals surface area contributed by atoms with E-state index in [0.29, 0.717) is 12.1 Å². The van der Waals surface area contributed by atoms with Crippen molar-refractivity contribution in [3.63, 3.8) is 0 Å². The number of rotatable bonds is 17. The summed E-state index contributed by atoms with van der Waals surface area (Å²) in [6.45, 7) is 25.4. The number of likely N-dealkylation sites (N-methyl/N-ethyl adjacent to an activating group) is 4. The highest BCUT2D eigenvalue weighted by Crippen LogP contribution is 2.06. The fourth-order valence-electron chi connectivity index (χ4n) is 3.10. The third-order valence-corrected chi connectivity index (χ3v) is 6.32. The Morgan fingerprint density at radius 3 is 1.09 bits per heavy atom. The zero-order valence-corrected chi connectivity index (χ0v) is 25.0. The van der Waals surface area contributed by atoms with Crippen LogP contribution in [-0.4, -0.2) is 116 Å². The molecule has 6 heteroatoms. The van der Waals surface area contributed by atoms with E-state index in [1.165, 1.54) is 71.4 Å². The lowest BCUT2D eigenvalue weighted by atomic mass is 10.1. The van der Waals surface area contributed by atoms with Crippen LogP contribution in [0.25, 0.3) is 0 Å². The molecule has 0 aliphatic rings. The van der Waals surface area contributed by atoms with Gasteiger partial charge in [0.15, 0.2) is 0 Å². The highest BCUT2D eigenvalue weighted by atomic mass is 15.2. The molecule has 0 bridgehead atoms. The Bertz CT molecular complexity index is 379. The second-order valence-electron chi connectivity index (χ2n) is 11.2. The zero-order valence-electron chi connectivity index (χ0n) is 25.0. The monoisotopic (exact) mass is 465 g/mol. The van der Waals surface area contributed by atoms with E-state index in [2.05, 4.69) is 103 Å². The molecule has 0 aliphatic carbocycles. The van der Waals surface area contributed by atoms with E-state index in [1.54, 1.807) is 0 Å². The minimum absolute atomic E-state index is 0. The predicted octanol–water partition coefficient (Wildman–Crippen LogP) is 5.02. The van der Waals surface area contributed by atoms with Crippen LogP contribution in [0.3, 0.4) is 0 Å². The predicted molar refractivity (Wildman–Crippen MR) is 155 cm³/mol. The maximum absolute atomic E-state index is 2.46. The van der Waals surface area contributed by atoms with Gasteiger partial charge in [0.2, 0.25) is 0 Å². The Balaban J connectivity index is -0.000000241. The van der Waals surface area contributed by atoms with Gasteiger partial charge in [0, 0.05) is 55.1 Å². The number of unbranched alkanes of at least 4 members (excludes halogenated alkanes) is 1. The first-order chi connectivity index (χ1) is 14.4. The molecule has 0 aliphatic heterocycles. The van der Waals surface area contributed by atoms with E-state index in [4.69, 9.17) is 0 Å². The second kappa shape index (κ2) is 25.1. The van der Waals surface area contributed by atoms with Crippen LogP contribution in [-0.2, 0) is 0 Å². The van der Waals surface area contributed by atoms with Gasteiger partial charge in [0.05, 0.1) is 0 Å². The summed E-state index contributed by atoms with van der Waals surface area (Å²) in [5.41, 5.74) is 0. The molecular formula is C27H62B2N4.